The van der Waals surface area contributed by atoms with E-state index >= 15 is 0 Å². The Balaban J connectivity index is 0.000000182. The van der Waals surface area contributed by atoms with Gasteiger partial charge in [-0.25, -0.2) is 19.6 Å². The molecule has 0 fully saturated rings. The molecule has 0 saturated carbocycles. The number of hydrogen-bond donors (Lipinski definition) is 4. The number of nitrogens with one attached hydrogen (secondary N) is 4. The first kappa shape index (κ1) is 49.8. The second kappa shape index (κ2) is 21.7. The summed E-state index contributed by atoms with van der Waals surface area (Å²) in [7, 11) is 11.0. The van der Waals surface area contributed by atoms with Gasteiger partial charge in [0, 0.05) is 134 Å². The summed E-state index contributed by atoms with van der Waals surface area (Å²) in [5.74, 6) is 0. The molecule has 0 aliphatic heterocycles. The van der Waals surface area contributed by atoms with E-state index in [0.29, 0.717) is 11.3 Å². The number of carbonyl (C=O) groups is 3. The number of hydrogen-bond acceptors (Lipinski definition) is 8. The Bertz CT molecular complexity index is 3620. The molecule has 0 spiro atoms. The molecule has 4 aromatic carbocycles. The molecule has 0 aliphatic rings. The Morgan fingerprint density at radius 2 is 1.01 bits per heavy atom. The third-order valence-corrected chi connectivity index (χ3v) is 12.5. The number of aromatic amines is 2. The molecular weight excluding hydrogens is 927 g/mol. The average Bonchev–Trinajstić information content (AvgIpc) is 4.24. The Labute approximate surface area is 429 Å². The van der Waals surface area contributed by atoms with Crippen molar-refractivity contribution in [3.63, 3.8) is 0 Å². The molecule has 0 bridgehead atoms. The Hall–Kier alpha value is -9.15. The standard InChI is InChI=1S/C30H33N7O.C28H26N6O2/c1-6-37-19-26(28(34-37)21-10-12-23(13-11-21)32-30(38)36(4)5)24-14-15-31-29-25(24)17-27(33-29)22-9-7-8-20(16-22)18-35(2)3;1-4-34-16-24(26(32-34)19-8-10-21(11-9-19)30-28(36)33(2)3)22-12-13-29-27-23(22)15-25(31-27)20-7-5-6-18(14-20)17-35/h7-17,19H,6,18H2,1-5H3,(H,31,33)(H,32,38);5-17H,4H2,1-3H3,(H,29,31)(H,30,36). The Morgan fingerprint density at radius 3 is 1.45 bits per heavy atom. The van der Waals surface area contributed by atoms with Crippen molar-refractivity contribution in [3.05, 3.63) is 157 Å². The minimum atomic E-state index is -0.181. The van der Waals surface area contributed by atoms with E-state index in [0.717, 1.165) is 121 Å². The number of fused-ring (bicyclic) bond motifs is 2. The number of carbonyl (C=O) groups excluding carboxylic acids is 3. The van der Waals surface area contributed by atoms with Crippen molar-refractivity contribution in [2.24, 2.45) is 0 Å². The van der Waals surface area contributed by atoms with E-state index in [1.165, 1.54) is 15.4 Å². The van der Waals surface area contributed by atoms with E-state index < -0.39 is 0 Å². The van der Waals surface area contributed by atoms with Crippen LogP contribution in [0.25, 0.3) is 89.4 Å². The van der Waals surface area contributed by atoms with E-state index in [2.05, 4.69) is 112 Å². The largest absolute Gasteiger partial charge is 0.339 e. The summed E-state index contributed by atoms with van der Waals surface area (Å²) in [5, 5.41) is 17.5. The maximum atomic E-state index is 12.0. The summed E-state index contributed by atoms with van der Waals surface area (Å²) in [6.45, 7) is 6.51. The summed E-state index contributed by atoms with van der Waals surface area (Å²) in [4.78, 5) is 56.5. The number of aromatic nitrogens is 8. The van der Waals surface area contributed by atoms with Crippen LogP contribution < -0.4 is 10.6 Å². The predicted molar refractivity (Wildman–Crippen MR) is 296 cm³/mol. The van der Waals surface area contributed by atoms with Gasteiger partial charge >= 0.3 is 12.1 Å². The van der Waals surface area contributed by atoms with Gasteiger partial charge in [0.1, 0.15) is 29.0 Å². The van der Waals surface area contributed by atoms with Crippen molar-refractivity contribution in [1.82, 2.24) is 54.2 Å². The van der Waals surface area contributed by atoms with Crippen LogP contribution in [0.3, 0.4) is 0 Å². The lowest BCUT2D eigenvalue weighted by molar-refractivity contribution is 0.112. The van der Waals surface area contributed by atoms with Gasteiger partial charge in [-0.1, -0.05) is 60.7 Å². The zero-order valence-corrected chi connectivity index (χ0v) is 42.8. The number of aldehydes is 1. The zero-order chi connectivity index (χ0) is 52.0. The van der Waals surface area contributed by atoms with Gasteiger partial charge in [-0.2, -0.15) is 10.2 Å². The monoisotopic (exact) mass is 985 g/mol. The van der Waals surface area contributed by atoms with Crippen molar-refractivity contribution in [2.75, 3.05) is 52.9 Å². The number of rotatable bonds is 13. The molecule has 16 heteroatoms. The van der Waals surface area contributed by atoms with Crippen LogP contribution >= 0.6 is 0 Å². The normalized spacial score (nSPS) is 11.1. The summed E-state index contributed by atoms with van der Waals surface area (Å²) in [6.07, 6.45) is 8.61. The third-order valence-electron chi connectivity index (χ3n) is 12.5. The number of amides is 4. The fraction of sp³-hybridized carbons (Fsp3) is 0.190. The van der Waals surface area contributed by atoms with Crippen LogP contribution in [0.15, 0.2) is 146 Å². The molecule has 4 N–H and O–H groups in total. The first-order chi connectivity index (χ1) is 35.8. The van der Waals surface area contributed by atoms with Crippen molar-refractivity contribution >= 4 is 51.8 Å². The lowest BCUT2D eigenvalue weighted by atomic mass is 9.99. The molecule has 0 radical (unpaired) electrons. The molecular formula is C58H59N13O3. The molecule has 10 aromatic rings. The zero-order valence-electron chi connectivity index (χ0n) is 42.8. The van der Waals surface area contributed by atoms with Gasteiger partial charge in [-0.3, -0.25) is 14.2 Å². The highest BCUT2D eigenvalue weighted by atomic mass is 16.2. The van der Waals surface area contributed by atoms with Gasteiger partial charge in [-0.05, 0) is 116 Å². The number of pyridine rings is 2. The fourth-order valence-electron chi connectivity index (χ4n) is 8.70. The fourth-order valence-corrected chi connectivity index (χ4v) is 8.70. The van der Waals surface area contributed by atoms with Gasteiger partial charge in [0.25, 0.3) is 0 Å². The van der Waals surface area contributed by atoms with Gasteiger partial charge in [0.15, 0.2) is 0 Å². The van der Waals surface area contributed by atoms with E-state index in [9.17, 15) is 14.4 Å². The first-order valence-corrected chi connectivity index (χ1v) is 24.4. The van der Waals surface area contributed by atoms with Gasteiger partial charge < -0.3 is 35.3 Å². The highest BCUT2D eigenvalue weighted by Crippen LogP contribution is 2.39. The average molecular weight is 986 g/mol. The van der Waals surface area contributed by atoms with Crippen molar-refractivity contribution < 1.29 is 14.4 Å². The van der Waals surface area contributed by atoms with Crippen molar-refractivity contribution in [3.8, 4) is 67.3 Å². The second-order valence-electron chi connectivity index (χ2n) is 18.6. The molecule has 16 nitrogen and oxygen atoms in total. The number of benzene rings is 4. The molecule has 74 heavy (non-hydrogen) atoms. The van der Waals surface area contributed by atoms with Crippen LogP contribution in [0.4, 0.5) is 21.0 Å². The lowest BCUT2D eigenvalue weighted by Crippen LogP contribution is -2.27. The van der Waals surface area contributed by atoms with E-state index in [1.807, 2.05) is 94.6 Å². The summed E-state index contributed by atoms with van der Waals surface area (Å²) < 4.78 is 3.87. The topological polar surface area (TPSA) is 178 Å². The van der Waals surface area contributed by atoms with E-state index in [-0.39, 0.29) is 12.1 Å². The van der Waals surface area contributed by atoms with E-state index in [4.69, 9.17) is 10.2 Å². The van der Waals surface area contributed by atoms with Crippen LogP contribution in [0.1, 0.15) is 29.8 Å². The summed E-state index contributed by atoms with van der Waals surface area (Å²) in [5.41, 5.74) is 16.7. The lowest BCUT2D eigenvalue weighted by Gasteiger charge is -2.12. The van der Waals surface area contributed by atoms with Gasteiger partial charge in [0.2, 0.25) is 0 Å². The van der Waals surface area contributed by atoms with Crippen molar-refractivity contribution in [2.45, 2.75) is 33.5 Å². The molecule has 4 amide bonds. The SMILES string of the molecule is CCn1cc(-c2ccnc3[nH]c(-c4cccc(C=O)c4)cc23)c(-c2ccc(NC(=O)N(C)C)cc2)n1.CCn1cc(-c2ccnc3[nH]c(-c4cccc(CN(C)C)c4)cc23)c(-c2ccc(NC(=O)N(C)C)cc2)n1. The highest BCUT2D eigenvalue weighted by Gasteiger charge is 2.20. The number of H-pyrrole nitrogens is 2. The van der Waals surface area contributed by atoms with Crippen LogP contribution in [0.5, 0.6) is 0 Å². The number of urea groups is 2. The van der Waals surface area contributed by atoms with Crippen LogP contribution in [0, 0.1) is 0 Å². The minimum Gasteiger partial charge on any atom is -0.339 e. The molecule has 374 valence electrons. The number of anilines is 2. The number of aryl methyl sites for hydroxylation is 2. The molecule has 0 aliphatic carbocycles. The van der Waals surface area contributed by atoms with Crippen LogP contribution in [-0.2, 0) is 19.6 Å². The molecule has 0 atom stereocenters. The summed E-state index contributed by atoms with van der Waals surface area (Å²) >= 11 is 0. The number of nitrogens with zero attached hydrogens (tertiary/aromatic N) is 9. The Kier molecular flexibility index (Phi) is 14.6. The maximum Gasteiger partial charge on any atom is 0.321 e. The quantitative estimate of drug-likeness (QED) is 0.0825. The van der Waals surface area contributed by atoms with Gasteiger partial charge in [0.05, 0.1) is 0 Å². The smallest absolute Gasteiger partial charge is 0.321 e. The molecule has 10 rings (SSSR count). The second-order valence-corrected chi connectivity index (χ2v) is 18.6. The van der Waals surface area contributed by atoms with Gasteiger partial charge in [-0.15, -0.1) is 0 Å². The highest BCUT2D eigenvalue weighted by molar-refractivity contribution is 6.01. The van der Waals surface area contributed by atoms with E-state index in [1.54, 1.807) is 40.5 Å². The van der Waals surface area contributed by atoms with Crippen LogP contribution in [-0.4, -0.2) is 115 Å². The Morgan fingerprint density at radius 1 is 0.554 bits per heavy atom. The molecule has 6 heterocycles. The molecule has 6 aromatic heterocycles. The predicted octanol–water partition coefficient (Wildman–Crippen LogP) is 11.6. The maximum absolute atomic E-state index is 12.0. The molecule has 0 saturated heterocycles. The first-order valence-electron chi connectivity index (χ1n) is 24.4. The molecule has 0 unspecified atom stereocenters. The van der Waals surface area contributed by atoms with Crippen molar-refractivity contribution in [1.29, 1.82) is 0 Å². The minimum absolute atomic E-state index is 0.164. The van der Waals surface area contributed by atoms with Crippen LogP contribution in [0.2, 0.25) is 0 Å². The summed E-state index contributed by atoms with van der Waals surface area (Å²) in [6, 6.07) is 39.5. The third kappa shape index (κ3) is 10.9.